The normalized spacial score (nSPS) is 9.95. The number of nitrogens with zero attached hydrogens (tertiary/aromatic N) is 2. The van der Waals surface area contributed by atoms with Gasteiger partial charge in [0.15, 0.2) is 5.11 Å². The highest BCUT2D eigenvalue weighted by Gasteiger charge is 2.11. The molecule has 4 nitrogen and oxygen atoms in total. The molecule has 0 aliphatic heterocycles. The molecule has 0 saturated heterocycles. The summed E-state index contributed by atoms with van der Waals surface area (Å²) in [4.78, 5) is 14.8. The fourth-order valence-corrected chi connectivity index (χ4v) is 1.67. The molecule has 0 saturated carbocycles. The summed E-state index contributed by atoms with van der Waals surface area (Å²) < 4.78 is 0. The summed E-state index contributed by atoms with van der Waals surface area (Å²) in [6.45, 7) is 2.17. The molecule has 1 amide bonds. The smallest absolute Gasteiger partial charge is 0.241 e. The Morgan fingerprint density at radius 3 is 2.53 bits per heavy atom. The minimum atomic E-state index is -0.00594. The minimum absolute atomic E-state index is 0.00594. The zero-order chi connectivity index (χ0) is 14.6. The van der Waals surface area contributed by atoms with Crippen molar-refractivity contribution in [2.45, 2.75) is 6.92 Å². The van der Waals surface area contributed by atoms with Gasteiger partial charge in [0, 0.05) is 31.9 Å². The number of nitrogens with one attached hydrogen (secondary N) is 1. The Morgan fingerprint density at radius 2 is 2.00 bits per heavy atom. The Labute approximate surface area is 124 Å². The van der Waals surface area contributed by atoms with E-state index in [0.717, 1.165) is 11.3 Å². The quantitative estimate of drug-likeness (QED) is 0.869. The zero-order valence-electron chi connectivity index (χ0n) is 11.5. The van der Waals surface area contributed by atoms with Crippen molar-refractivity contribution in [2.24, 2.45) is 0 Å². The summed E-state index contributed by atoms with van der Waals surface area (Å²) in [7, 11) is 5.20. The molecule has 0 radical (unpaired) electrons. The van der Waals surface area contributed by atoms with Crippen molar-refractivity contribution in [3.05, 3.63) is 28.8 Å². The highest BCUT2D eigenvalue weighted by atomic mass is 35.5. The summed E-state index contributed by atoms with van der Waals surface area (Å²) >= 11 is 11.3. The number of anilines is 1. The molecule has 104 valence electrons. The number of amides is 1. The average molecular weight is 300 g/mol. The standard InChI is InChI=1S/C13H18ClN3OS/c1-9-5-6-10(7-11(9)14)15-13(19)17(4)8-12(18)16(2)3/h5-7H,8H2,1-4H3,(H,15,19). The molecule has 0 aromatic heterocycles. The summed E-state index contributed by atoms with van der Waals surface area (Å²) in [6, 6.07) is 5.62. The third-order valence-electron chi connectivity index (χ3n) is 2.64. The first kappa shape index (κ1) is 15.7. The lowest BCUT2D eigenvalue weighted by molar-refractivity contribution is -0.128. The number of hydrogen-bond donors (Lipinski definition) is 1. The highest BCUT2D eigenvalue weighted by molar-refractivity contribution is 7.80. The third kappa shape index (κ3) is 4.69. The lowest BCUT2D eigenvalue weighted by Gasteiger charge is -2.22. The summed E-state index contributed by atoms with van der Waals surface area (Å²) in [5.41, 5.74) is 1.82. The topological polar surface area (TPSA) is 35.6 Å². The largest absolute Gasteiger partial charge is 0.347 e. The van der Waals surface area contributed by atoms with Crippen LogP contribution >= 0.6 is 23.8 Å². The van der Waals surface area contributed by atoms with Gasteiger partial charge >= 0.3 is 0 Å². The molecule has 1 aromatic rings. The molecule has 0 unspecified atom stereocenters. The van der Waals surface area contributed by atoms with E-state index in [2.05, 4.69) is 5.32 Å². The number of aryl methyl sites for hydroxylation is 1. The maximum atomic E-state index is 11.6. The number of hydrogen-bond acceptors (Lipinski definition) is 2. The van der Waals surface area contributed by atoms with E-state index in [0.29, 0.717) is 10.1 Å². The SMILES string of the molecule is Cc1ccc(NC(=S)N(C)CC(=O)N(C)C)cc1Cl. The van der Waals surface area contributed by atoms with Crippen molar-refractivity contribution in [3.8, 4) is 0 Å². The van der Waals surface area contributed by atoms with Crippen LogP contribution in [-0.2, 0) is 4.79 Å². The molecule has 1 aromatic carbocycles. The third-order valence-corrected chi connectivity index (χ3v) is 3.46. The van der Waals surface area contributed by atoms with Gasteiger partial charge in [0.2, 0.25) is 5.91 Å². The molecule has 6 heteroatoms. The molecule has 0 bridgehead atoms. The average Bonchev–Trinajstić information content (AvgIpc) is 2.33. The van der Waals surface area contributed by atoms with Crippen LogP contribution < -0.4 is 5.32 Å². The van der Waals surface area contributed by atoms with E-state index in [9.17, 15) is 4.79 Å². The van der Waals surface area contributed by atoms with Gasteiger partial charge in [0.05, 0.1) is 6.54 Å². The van der Waals surface area contributed by atoms with Gasteiger partial charge in [-0.2, -0.15) is 0 Å². The van der Waals surface area contributed by atoms with Gasteiger partial charge in [-0.3, -0.25) is 4.79 Å². The number of thiocarbonyl (C=S) groups is 1. The van der Waals surface area contributed by atoms with E-state index in [-0.39, 0.29) is 12.5 Å². The lowest BCUT2D eigenvalue weighted by Crippen LogP contribution is -2.39. The van der Waals surface area contributed by atoms with Crippen molar-refractivity contribution < 1.29 is 4.79 Å². The van der Waals surface area contributed by atoms with Crippen molar-refractivity contribution in [3.63, 3.8) is 0 Å². The highest BCUT2D eigenvalue weighted by Crippen LogP contribution is 2.20. The van der Waals surface area contributed by atoms with Crippen LogP contribution in [0, 0.1) is 6.92 Å². The molecule has 1 rings (SSSR count). The first-order valence-corrected chi connectivity index (χ1v) is 6.58. The van der Waals surface area contributed by atoms with Gasteiger partial charge in [-0.05, 0) is 36.8 Å². The molecule has 19 heavy (non-hydrogen) atoms. The Morgan fingerprint density at radius 1 is 1.37 bits per heavy atom. The molecule has 0 spiro atoms. The van der Waals surface area contributed by atoms with Gasteiger partial charge in [0.1, 0.15) is 0 Å². The van der Waals surface area contributed by atoms with Crippen LogP contribution in [0.4, 0.5) is 5.69 Å². The summed E-state index contributed by atoms with van der Waals surface area (Å²) in [5.74, 6) is -0.00594. The van der Waals surface area contributed by atoms with Gasteiger partial charge in [0.25, 0.3) is 0 Å². The van der Waals surface area contributed by atoms with Crippen molar-refractivity contribution in [2.75, 3.05) is 33.0 Å². The molecule has 0 fully saturated rings. The summed E-state index contributed by atoms with van der Waals surface area (Å²) in [5, 5.41) is 4.22. The number of likely N-dealkylation sites (N-methyl/N-ethyl adjacent to an activating group) is 2. The number of carbonyl (C=O) groups excluding carboxylic acids is 1. The second kappa shape index (κ2) is 6.73. The van der Waals surface area contributed by atoms with Crippen molar-refractivity contribution in [1.29, 1.82) is 0 Å². The maximum absolute atomic E-state index is 11.6. The Balaban J connectivity index is 2.63. The van der Waals surface area contributed by atoms with E-state index in [1.54, 1.807) is 26.0 Å². The van der Waals surface area contributed by atoms with Gasteiger partial charge < -0.3 is 15.1 Å². The van der Waals surface area contributed by atoms with Crippen LogP contribution in [0.2, 0.25) is 5.02 Å². The van der Waals surface area contributed by atoms with Gasteiger partial charge in [-0.25, -0.2) is 0 Å². The fraction of sp³-hybridized carbons (Fsp3) is 0.385. The van der Waals surface area contributed by atoms with Gasteiger partial charge in [-0.15, -0.1) is 0 Å². The second-order valence-electron chi connectivity index (χ2n) is 4.54. The number of rotatable bonds is 3. The van der Waals surface area contributed by atoms with E-state index in [1.165, 1.54) is 4.90 Å². The van der Waals surface area contributed by atoms with E-state index < -0.39 is 0 Å². The van der Waals surface area contributed by atoms with Crippen molar-refractivity contribution >= 4 is 40.5 Å². The Bertz CT molecular complexity index is 491. The van der Waals surface area contributed by atoms with Crippen LogP contribution in [0.5, 0.6) is 0 Å². The first-order valence-electron chi connectivity index (χ1n) is 5.79. The molecule has 1 N–H and O–H groups in total. The zero-order valence-corrected chi connectivity index (χ0v) is 13.1. The lowest BCUT2D eigenvalue weighted by atomic mass is 10.2. The van der Waals surface area contributed by atoms with Crippen LogP contribution in [0.15, 0.2) is 18.2 Å². The van der Waals surface area contributed by atoms with Gasteiger partial charge in [-0.1, -0.05) is 17.7 Å². The first-order chi connectivity index (χ1) is 8.81. The minimum Gasteiger partial charge on any atom is -0.347 e. The fourth-order valence-electron chi connectivity index (χ4n) is 1.31. The van der Waals surface area contributed by atoms with Crippen LogP contribution in [0.25, 0.3) is 0 Å². The molecule has 0 aliphatic rings. The van der Waals surface area contributed by atoms with Crippen molar-refractivity contribution in [1.82, 2.24) is 9.80 Å². The molecule has 0 aliphatic carbocycles. The molecule has 0 heterocycles. The van der Waals surface area contributed by atoms with Crippen LogP contribution in [0.1, 0.15) is 5.56 Å². The monoisotopic (exact) mass is 299 g/mol. The Hall–Kier alpha value is -1.33. The Kier molecular flexibility index (Phi) is 5.57. The molecule has 0 atom stereocenters. The number of benzene rings is 1. The molecular weight excluding hydrogens is 282 g/mol. The molecular formula is C13H18ClN3OS. The second-order valence-corrected chi connectivity index (χ2v) is 5.33. The summed E-state index contributed by atoms with van der Waals surface area (Å²) in [6.07, 6.45) is 0. The van der Waals surface area contributed by atoms with Crippen LogP contribution in [0.3, 0.4) is 0 Å². The van der Waals surface area contributed by atoms with E-state index in [4.69, 9.17) is 23.8 Å². The van der Waals surface area contributed by atoms with Crippen LogP contribution in [-0.4, -0.2) is 48.5 Å². The predicted molar refractivity (Wildman–Crippen MR) is 83.7 cm³/mol. The number of halogens is 1. The van der Waals surface area contributed by atoms with E-state index in [1.807, 2.05) is 25.1 Å². The predicted octanol–water partition coefficient (Wildman–Crippen LogP) is 2.37. The van der Waals surface area contributed by atoms with E-state index >= 15 is 0 Å². The number of carbonyl (C=O) groups is 1. The maximum Gasteiger partial charge on any atom is 0.241 e.